The summed E-state index contributed by atoms with van der Waals surface area (Å²) in [6, 6.07) is 13.6. The highest BCUT2D eigenvalue weighted by atomic mass is 35.5. The molecule has 0 unspecified atom stereocenters. The van der Waals surface area contributed by atoms with Crippen LogP contribution in [0.5, 0.6) is 0 Å². The molecule has 0 atom stereocenters. The zero-order chi connectivity index (χ0) is 13.1. The molecule has 0 aromatic heterocycles. The first-order valence-corrected chi connectivity index (χ1v) is 5.60. The largest absolute Gasteiger partial charge is 0.475 e. The first kappa shape index (κ1) is 12.3. The molecule has 0 spiro atoms. The number of carboxylic acids is 1. The van der Waals surface area contributed by atoms with Crippen LogP contribution in [-0.4, -0.2) is 16.9 Å². The number of carbonyl (C=O) groups is 2. The highest BCUT2D eigenvalue weighted by molar-refractivity contribution is 6.39. The molecule has 2 aromatic carbocycles. The van der Waals surface area contributed by atoms with Crippen molar-refractivity contribution in [2.24, 2.45) is 0 Å². The van der Waals surface area contributed by atoms with Gasteiger partial charge in [-0.25, -0.2) is 4.79 Å². The Balaban J connectivity index is 2.37. The van der Waals surface area contributed by atoms with E-state index in [4.69, 9.17) is 16.7 Å². The minimum absolute atomic E-state index is 0.151. The topological polar surface area (TPSA) is 54.4 Å². The van der Waals surface area contributed by atoms with Crippen molar-refractivity contribution >= 4 is 23.4 Å². The van der Waals surface area contributed by atoms with Crippen molar-refractivity contribution in [1.82, 2.24) is 0 Å². The Bertz CT molecular complexity index is 603. The smallest absolute Gasteiger partial charge is 0.377 e. The van der Waals surface area contributed by atoms with Gasteiger partial charge in [-0.05, 0) is 11.6 Å². The molecule has 2 rings (SSSR count). The van der Waals surface area contributed by atoms with Gasteiger partial charge in [-0.2, -0.15) is 0 Å². The number of carboxylic acid groups (broad SMARTS) is 1. The molecule has 4 heteroatoms. The van der Waals surface area contributed by atoms with E-state index in [0.29, 0.717) is 5.02 Å². The van der Waals surface area contributed by atoms with Crippen LogP contribution in [0.1, 0.15) is 10.4 Å². The van der Waals surface area contributed by atoms with Gasteiger partial charge in [0.05, 0.1) is 0 Å². The Kier molecular flexibility index (Phi) is 3.44. The van der Waals surface area contributed by atoms with E-state index in [-0.39, 0.29) is 5.56 Å². The quantitative estimate of drug-likeness (QED) is 0.681. The average Bonchev–Trinajstić information content (AvgIpc) is 2.38. The van der Waals surface area contributed by atoms with E-state index < -0.39 is 11.8 Å². The summed E-state index contributed by atoms with van der Waals surface area (Å²) >= 11 is 6.05. The number of benzene rings is 2. The van der Waals surface area contributed by atoms with E-state index in [9.17, 15) is 9.59 Å². The van der Waals surface area contributed by atoms with Crippen LogP contribution < -0.4 is 0 Å². The highest BCUT2D eigenvalue weighted by Gasteiger charge is 2.14. The van der Waals surface area contributed by atoms with Crippen molar-refractivity contribution < 1.29 is 14.7 Å². The van der Waals surface area contributed by atoms with E-state index in [2.05, 4.69) is 0 Å². The number of hydrogen-bond donors (Lipinski definition) is 1. The fourth-order valence-electron chi connectivity index (χ4n) is 1.62. The maximum absolute atomic E-state index is 11.2. The fourth-order valence-corrected chi connectivity index (χ4v) is 1.86. The van der Waals surface area contributed by atoms with Gasteiger partial charge >= 0.3 is 5.97 Å². The summed E-state index contributed by atoms with van der Waals surface area (Å²) in [4.78, 5) is 21.8. The van der Waals surface area contributed by atoms with Gasteiger partial charge in [0.2, 0.25) is 0 Å². The summed E-state index contributed by atoms with van der Waals surface area (Å²) < 4.78 is 0. The van der Waals surface area contributed by atoms with Gasteiger partial charge in [0.1, 0.15) is 0 Å². The lowest BCUT2D eigenvalue weighted by molar-refractivity contribution is -0.131. The Morgan fingerprint density at radius 2 is 1.56 bits per heavy atom. The molecular weight excluding hydrogens is 252 g/mol. The van der Waals surface area contributed by atoms with Crippen molar-refractivity contribution in [2.45, 2.75) is 0 Å². The Hall–Kier alpha value is -2.13. The summed E-state index contributed by atoms with van der Waals surface area (Å²) in [5.74, 6) is -2.37. The summed E-state index contributed by atoms with van der Waals surface area (Å²) in [6.45, 7) is 0. The van der Waals surface area contributed by atoms with Gasteiger partial charge < -0.3 is 5.11 Å². The standard InChI is InChI=1S/C14H9ClO3/c15-12-4-2-1-3-11(12)9-5-7-10(8-6-9)13(16)14(17)18/h1-8H,(H,17,18). The van der Waals surface area contributed by atoms with Crippen LogP contribution in [-0.2, 0) is 4.79 Å². The van der Waals surface area contributed by atoms with E-state index >= 15 is 0 Å². The maximum atomic E-state index is 11.2. The van der Waals surface area contributed by atoms with Crippen LogP contribution in [0.25, 0.3) is 11.1 Å². The molecule has 0 heterocycles. The van der Waals surface area contributed by atoms with Crippen LogP contribution in [0, 0.1) is 0 Å². The number of halogens is 1. The van der Waals surface area contributed by atoms with Gasteiger partial charge in [0.25, 0.3) is 5.78 Å². The van der Waals surface area contributed by atoms with Gasteiger partial charge in [-0.1, -0.05) is 54.1 Å². The molecule has 0 bridgehead atoms. The normalized spacial score (nSPS) is 10.1. The Labute approximate surface area is 109 Å². The van der Waals surface area contributed by atoms with Crippen molar-refractivity contribution in [3.8, 4) is 11.1 Å². The number of Topliss-reactive ketones (excluding diaryl/α,β-unsaturated/α-hetero) is 1. The van der Waals surface area contributed by atoms with Gasteiger partial charge in [0.15, 0.2) is 0 Å². The van der Waals surface area contributed by atoms with E-state index in [1.807, 2.05) is 18.2 Å². The monoisotopic (exact) mass is 260 g/mol. The second-order valence-electron chi connectivity index (χ2n) is 3.69. The Morgan fingerprint density at radius 1 is 0.944 bits per heavy atom. The molecule has 0 fully saturated rings. The number of aliphatic carboxylic acids is 1. The third-order valence-electron chi connectivity index (χ3n) is 2.53. The van der Waals surface area contributed by atoms with Crippen LogP contribution >= 0.6 is 11.6 Å². The Morgan fingerprint density at radius 3 is 2.11 bits per heavy atom. The van der Waals surface area contributed by atoms with E-state index in [1.54, 1.807) is 18.2 Å². The van der Waals surface area contributed by atoms with E-state index in [1.165, 1.54) is 12.1 Å². The zero-order valence-corrected chi connectivity index (χ0v) is 10.0. The number of carbonyl (C=O) groups excluding carboxylic acids is 1. The summed E-state index contributed by atoms with van der Waals surface area (Å²) in [5, 5.41) is 9.20. The second-order valence-corrected chi connectivity index (χ2v) is 4.10. The first-order chi connectivity index (χ1) is 8.59. The molecule has 0 aliphatic rings. The predicted molar refractivity (Wildman–Crippen MR) is 68.9 cm³/mol. The molecule has 0 amide bonds. The molecular formula is C14H9ClO3. The molecule has 0 aliphatic carbocycles. The molecule has 2 aromatic rings. The second kappa shape index (κ2) is 5.02. The number of ketones is 1. The average molecular weight is 261 g/mol. The minimum atomic E-state index is -1.46. The van der Waals surface area contributed by atoms with Crippen molar-refractivity contribution in [3.63, 3.8) is 0 Å². The summed E-state index contributed by atoms with van der Waals surface area (Å²) in [7, 11) is 0. The predicted octanol–water partition coefficient (Wildman–Crippen LogP) is 3.27. The lowest BCUT2D eigenvalue weighted by Gasteiger charge is -2.04. The lowest BCUT2D eigenvalue weighted by Crippen LogP contribution is -2.12. The van der Waals surface area contributed by atoms with Crippen molar-refractivity contribution in [1.29, 1.82) is 0 Å². The summed E-state index contributed by atoms with van der Waals surface area (Å²) in [5.41, 5.74) is 1.83. The molecule has 0 radical (unpaired) electrons. The number of hydrogen-bond acceptors (Lipinski definition) is 2. The van der Waals surface area contributed by atoms with Gasteiger partial charge in [0, 0.05) is 16.1 Å². The molecule has 1 N–H and O–H groups in total. The van der Waals surface area contributed by atoms with Crippen LogP contribution in [0.2, 0.25) is 5.02 Å². The molecule has 0 saturated carbocycles. The molecule has 18 heavy (non-hydrogen) atoms. The zero-order valence-electron chi connectivity index (χ0n) is 9.26. The fraction of sp³-hybridized carbons (Fsp3) is 0. The first-order valence-electron chi connectivity index (χ1n) is 5.22. The number of rotatable bonds is 3. The van der Waals surface area contributed by atoms with Crippen LogP contribution in [0.3, 0.4) is 0 Å². The molecule has 0 saturated heterocycles. The molecule has 90 valence electrons. The van der Waals surface area contributed by atoms with Crippen molar-refractivity contribution in [2.75, 3.05) is 0 Å². The summed E-state index contributed by atoms with van der Waals surface area (Å²) in [6.07, 6.45) is 0. The van der Waals surface area contributed by atoms with Gasteiger partial charge in [-0.3, -0.25) is 4.79 Å². The minimum Gasteiger partial charge on any atom is -0.475 e. The molecule has 3 nitrogen and oxygen atoms in total. The maximum Gasteiger partial charge on any atom is 0.377 e. The third-order valence-corrected chi connectivity index (χ3v) is 2.86. The highest BCUT2D eigenvalue weighted by Crippen LogP contribution is 2.27. The van der Waals surface area contributed by atoms with Gasteiger partial charge in [-0.15, -0.1) is 0 Å². The van der Waals surface area contributed by atoms with E-state index in [0.717, 1.165) is 11.1 Å². The third kappa shape index (κ3) is 2.41. The SMILES string of the molecule is O=C(O)C(=O)c1ccc(-c2ccccc2Cl)cc1. The van der Waals surface area contributed by atoms with Crippen molar-refractivity contribution in [3.05, 3.63) is 59.1 Å². The van der Waals surface area contributed by atoms with Crippen LogP contribution in [0.4, 0.5) is 0 Å². The van der Waals surface area contributed by atoms with Crippen LogP contribution in [0.15, 0.2) is 48.5 Å². The molecule has 0 aliphatic heterocycles. The lowest BCUT2D eigenvalue weighted by atomic mass is 10.0.